The van der Waals surface area contributed by atoms with Crippen molar-refractivity contribution in [2.24, 2.45) is 11.8 Å². The highest BCUT2D eigenvalue weighted by Crippen LogP contribution is 2.45. The van der Waals surface area contributed by atoms with Crippen molar-refractivity contribution in [3.63, 3.8) is 0 Å². The normalized spacial score (nSPS) is 33.9. The highest BCUT2D eigenvalue weighted by atomic mass is 16.5. The van der Waals surface area contributed by atoms with Gasteiger partial charge in [-0.2, -0.15) is 0 Å². The zero-order valence-corrected chi connectivity index (χ0v) is 8.10. The minimum absolute atomic E-state index is 0.582. The Hall–Kier alpha value is -1.16. The maximum Gasteiger partial charge on any atom is 0.129 e. The van der Waals surface area contributed by atoms with Crippen LogP contribution in [0.1, 0.15) is 5.69 Å². The fourth-order valence-corrected chi connectivity index (χ4v) is 2.16. The highest BCUT2D eigenvalue weighted by molar-refractivity contribution is 5.39. The van der Waals surface area contributed by atoms with E-state index in [0.29, 0.717) is 17.9 Å². The first kappa shape index (κ1) is 8.17. The summed E-state index contributed by atoms with van der Waals surface area (Å²) in [6.07, 6.45) is 1.60. The fraction of sp³-hybridized carbons (Fsp3) is 0.600. The molecule has 2 aliphatic rings. The van der Waals surface area contributed by atoms with Gasteiger partial charge < -0.3 is 10.1 Å². The van der Waals surface area contributed by atoms with Gasteiger partial charge in [0.25, 0.3) is 0 Å². The third-order valence-electron chi connectivity index (χ3n) is 3.07. The van der Waals surface area contributed by atoms with Crippen molar-refractivity contribution in [2.75, 3.05) is 18.5 Å². The zero-order chi connectivity index (χ0) is 9.54. The van der Waals surface area contributed by atoms with Crippen molar-refractivity contribution in [3.05, 3.63) is 18.1 Å². The van der Waals surface area contributed by atoms with Crippen LogP contribution in [-0.2, 0) is 4.74 Å². The van der Waals surface area contributed by atoms with Gasteiger partial charge in [-0.25, -0.2) is 9.97 Å². The Morgan fingerprint density at radius 1 is 1.36 bits per heavy atom. The van der Waals surface area contributed by atoms with E-state index in [1.165, 1.54) is 0 Å². The first-order valence-corrected chi connectivity index (χ1v) is 4.97. The van der Waals surface area contributed by atoms with Crippen molar-refractivity contribution in [2.45, 2.75) is 13.0 Å². The second-order valence-electron chi connectivity index (χ2n) is 4.08. The second-order valence-corrected chi connectivity index (χ2v) is 4.08. The van der Waals surface area contributed by atoms with Crippen molar-refractivity contribution in [1.82, 2.24) is 9.97 Å². The standard InChI is InChI=1S/C10H13N3O/c1-6-2-9(12-5-11-6)13-10-7-3-14-4-8(7)10/h2,5,7-8,10H,3-4H2,1H3,(H,11,12,13)/t7-,8+,10?. The molecule has 0 bridgehead atoms. The van der Waals surface area contributed by atoms with E-state index in [1.807, 2.05) is 13.0 Å². The van der Waals surface area contributed by atoms with E-state index < -0.39 is 0 Å². The molecule has 3 atom stereocenters. The largest absolute Gasteiger partial charge is 0.381 e. The molecule has 0 spiro atoms. The van der Waals surface area contributed by atoms with Crippen molar-refractivity contribution >= 4 is 5.82 Å². The molecule has 4 heteroatoms. The fourth-order valence-electron chi connectivity index (χ4n) is 2.16. The number of aryl methyl sites for hydroxylation is 1. The highest BCUT2D eigenvalue weighted by Gasteiger charge is 2.54. The summed E-state index contributed by atoms with van der Waals surface area (Å²) in [6, 6.07) is 2.56. The Kier molecular flexibility index (Phi) is 1.70. The molecule has 4 nitrogen and oxygen atoms in total. The lowest BCUT2D eigenvalue weighted by molar-refractivity contribution is 0.162. The van der Waals surface area contributed by atoms with Gasteiger partial charge in [-0.15, -0.1) is 0 Å². The molecule has 2 fully saturated rings. The number of hydrogen-bond acceptors (Lipinski definition) is 4. The molecule has 14 heavy (non-hydrogen) atoms. The smallest absolute Gasteiger partial charge is 0.129 e. The van der Waals surface area contributed by atoms with Gasteiger partial charge in [-0.3, -0.25) is 0 Å². The summed E-state index contributed by atoms with van der Waals surface area (Å²) in [5.74, 6) is 2.37. The Morgan fingerprint density at radius 3 is 2.86 bits per heavy atom. The topological polar surface area (TPSA) is 47.0 Å². The van der Waals surface area contributed by atoms with E-state index >= 15 is 0 Å². The van der Waals surface area contributed by atoms with Crippen LogP contribution in [0.3, 0.4) is 0 Å². The van der Waals surface area contributed by atoms with E-state index in [0.717, 1.165) is 24.7 Å². The quantitative estimate of drug-likeness (QED) is 0.752. The van der Waals surface area contributed by atoms with Crippen LogP contribution in [0, 0.1) is 18.8 Å². The molecule has 0 radical (unpaired) electrons. The predicted molar refractivity (Wildman–Crippen MR) is 52.0 cm³/mol. The van der Waals surface area contributed by atoms with Gasteiger partial charge in [0.1, 0.15) is 12.1 Å². The summed E-state index contributed by atoms with van der Waals surface area (Å²) in [4.78, 5) is 8.25. The Bertz CT molecular complexity index is 345. The average Bonchev–Trinajstić information content (AvgIpc) is 2.62. The van der Waals surface area contributed by atoms with E-state index in [1.54, 1.807) is 6.33 Å². The summed E-state index contributed by atoms with van der Waals surface area (Å²) >= 11 is 0. The average molecular weight is 191 g/mol. The maximum atomic E-state index is 5.33. The van der Waals surface area contributed by atoms with Crippen LogP contribution in [0.2, 0.25) is 0 Å². The molecule has 0 aromatic carbocycles. The van der Waals surface area contributed by atoms with Gasteiger partial charge in [0, 0.05) is 29.6 Å². The molecule has 1 aliphatic carbocycles. The monoisotopic (exact) mass is 191 g/mol. The molecule has 1 aromatic rings. The number of nitrogens with one attached hydrogen (secondary N) is 1. The van der Waals surface area contributed by atoms with Crippen LogP contribution in [0.5, 0.6) is 0 Å². The van der Waals surface area contributed by atoms with Gasteiger partial charge in [0.05, 0.1) is 13.2 Å². The number of rotatable bonds is 2. The first-order valence-electron chi connectivity index (χ1n) is 4.97. The predicted octanol–water partition coefficient (Wildman–Crippen LogP) is 0.842. The second kappa shape index (κ2) is 2.92. The van der Waals surface area contributed by atoms with Crippen molar-refractivity contribution in [3.8, 4) is 0 Å². The molecule has 1 unspecified atom stereocenters. The lowest BCUT2D eigenvalue weighted by atomic mass is 10.4. The molecular formula is C10H13N3O. The molecule has 1 saturated carbocycles. The Labute approximate surface area is 82.7 Å². The molecule has 0 amide bonds. The molecule has 1 aliphatic heterocycles. The Morgan fingerprint density at radius 2 is 2.14 bits per heavy atom. The SMILES string of the molecule is Cc1cc(NC2[C@H]3COC[C@@H]23)ncn1. The lowest BCUT2D eigenvalue weighted by Gasteiger charge is -2.07. The van der Waals surface area contributed by atoms with Gasteiger partial charge in [-0.05, 0) is 6.92 Å². The van der Waals surface area contributed by atoms with E-state index in [4.69, 9.17) is 4.74 Å². The number of nitrogens with zero attached hydrogens (tertiary/aromatic N) is 2. The summed E-state index contributed by atoms with van der Waals surface area (Å²) in [7, 11) is 0. The van der Waals surface area contributed by atoms with Gasteiger partial charge >= 0.3 is 0 Å². The molecule has 1 saturated heterocycles. The molecule has 74 valence electrons. The van der Waals surface area contributed by atoms with Crippen LogP contribution in [0.15, 0.2) is 12.4 Å². The van der Waals surface area contributed by atoms with E-state index in [2.05, 4.69) is 15.3 Å². The van der Waals surface area contributed by atoms with Gasteiger partial charge in [0.2, 0.25) is 0 Å². The number of anilines is 1. The van der Waals surface area contributed by atoms with Crippen LogP contribution in [0.25, 0.3) is 0 Å². The number of aromatic nitrogens is 2. The lowest BCUT2D eigenvalue weighted by Crippen LogP contribution is -2.13. The Balaban J connectivity index is 1.68. The summed E-state index contributed by atoms with van der Waals surface area (Å²) in [5, 5.41) is 3.43. The molecule has 1 aromatic heterocycles. The number of ether oxygens (including phenoxy) is 1. The molecule has 2 heterocycles. The molecule has 1 N–H and O–H groups in total. The minimum Gasteiger partial charge on any atom is -0.381 e. The molecular weight excluding hydrogens is 178 g/mol. The maximum absolute atomic E-state index is 5.33. The summed E-state index contributed by atoms with van der Waals surface area (Å²) < 4.78 is 5.33. The minimum atomic E-state index is 0.582. The molecule has 3 rings (SSSR count). The summed E-state index contributed by atoms with van der Waals surface area (Å²) in [5.41, 5.74) is 1.00. The van der Waals surface area contributed by atoms with Crippen molar-refractivity contribution in [1.29, 1.82) is 0 Å². The van der Waals surface area contributed by atoms with Crippen LogP contribution in [0.4, 0.5) is 5.82 Å². The van der Waals surface area contributed by atoms with Crippen LogP contribution >= 0.6 is 0 Å². The first-order chi connectivity index (χ1) is 6.84. The number of hydrogen-bond donors (Lipinski definition) is 1. The third-order valence-corrected chi connectivity index (χ3v) is 3.07. The van der Waals surface area contributed by atoms with Crippen molar-refractivity contribution < 1.29 is 4.74 Å². The van der Waals surface area contributed by atoms with Gasteiger partial charge in [0.15, 0.2) is 0 Å². The van der Waals surface area contributed by atoms with Crippen LogP contribution in [-0.4, -0.2) is 29.2 Å². The summed E-state index contributed by atoms with van der Waals surface area (Å²) in [6.45, 7) is 3.79. The van der Waals surface area contributed by atoms with Crippen LogP contribution < -0.4 is 5.32 Å². The zero-order valence-electron chi connectivity index (χ0n) is 8.10. The third kappa shape index (κ3) is 1.26. The number of fused-ring (bicyclic) bond motifs is 1. The van der Waals surface area contributed by atoms with E-state index in [9.17, 15) is 0 Å². The van der Waals surface area contributed by atoms with E-state index in [-0.39, 0.29) is 0 Å². The van der Waals surface area contributed by atoms with Gasteiger partial charge in [-0.1, -0.05) is 0 Å².